The number of Topliss-reactive ketones (excluding diaryl/α,β-unsaturated/α-hetero) is 1. The van der Waals surface area contributed by atoms with Gasteiger partial charge in [-0.25, -0.2) is 8.42 Å². The average Bonchev–Trinajstić information content (AvgIpc) is 2.53. The van der Waals surface area contributed by atoms with Gasteiger partial charge < -0.3 is 9.64 Å². The molecule has 0 aliphatic carbocycles. The Bertz CT molecular complexity index is 755. The van der Waals surface area contributed by atoms with E-state index in [0.717, 1.165) is 4.31 Å². The highest BCUT2D eigenvalue weighted by Gasteiger charge is 2.26. The van der Waals surface area contributed by atoms with E-state index >= 15 is 0 Å². The summed E-state index contributed by atoms with van der Waals surface area (Å²) in [7, 11) is 0.351. The van der Waals surface area contributed by atoms with Gasteiger partial charge in [0.1, 0.15) is 6.54 Å². The molecule has 8 nitrogen and oxygen atoms in total. The van der Waals surface area contributed by atoms with Crippen molar-refractivity contribution in [3.8, 4) is 0 Å². The van der Waals surface area contributed by atoms with Crippen LogP contribution in [0, 0.1) is 0 Å². The van der Waals surface area contributed by atoms with E-state index in [1.54, 1.807) is 0 Å². The molecule has 1 aromatic rings. The third-order valence-corrected chi connectivity index (χ3v) is 5.24. The van der Waals surface area contributed by atoms with Gasteiger partial charge in [0.25, 0.3) is 5.91 Å². The van der Waals surface area contributed by atoms with Crippen molar-refractivity contribution in [3.05, 3.63) is 29.8 Å². The fourth-order valence-corrected chi connectivity index (χ4v) is 3.07. The number of benzene rings is 1. The Labute approximate surface area is 147 Å². The van der Waals surface area contributed by atoms with E-state index < -0.39 is 34.5 Å². The Kier molecular flexibility index (Phi) is 6.83. The second kappa shape index (κ2) is 8.21. The van der Waals surface area contributed by atoms with Crippen molar-refractivity contribution in [2.24, 2.45) is 0 Å². The minimum atomic E-state index is -3.92. The lowest BCUT2D eigenvalue weighted by Crippen LogP contribution is -2.38. The number of ketones is 1. The Hall–Kier alpha value is -2.26. The second-order valence-corrected chi connectivity index (χ2v) is 7.75. The molecule has 0 aromatic heterocycles. The van der Waals surface area contributed by atoms with Crippen LogP contribution in [0.3, 0.4) is 0 Å². The molecular weight excluding hydrogens is 348 g/mol. The molecule has 0 N–H and O–H groups in total. The highest BCUT2D eigenvalue weighted by Crippen LogP contribution is 2.15. The number of likely N-dealkylation sites (N-methyl/N-ethyl adjacent to an activating group) is 2. The quantitative estimate of drug-likeness (QED) is 0.513. The molecule has 1 atom stereocenters. The number of nitrogens with zero attached hydrogens (tertiary/aromatic N) is 2. The van der Waals surface area contributed by atoms with Crippen molar-refractivity contribution >= 4 is 27.7 Å². The third-order valence-electron chi connectivity index (χ3n) is 3.42. The molecule has 25 heavy (non-hydrogen) atoms. The van der Waals surface area contributed by atoms with Crippen LogP contribution >= 0.6 is 0 Å². The van der Waals surface area contributed by atoms with Gasteiger partial charge in [-0.15, -0.1) is 0 Å². The first-order chi connectivity index (χ1) is 11.5. The van der Waals surface area contributed by atoms with Crippen molar-refractivity contribution in [2.45, 2.75) is 24.8 Å². The van der Waals surface area contributed by atoms with E-state index in [4.69, 9.17) is 4.74 Å². The molecule has 1 amide bonds. The highest BCUT2D eigenvalue weighted by atomic mass is 32.2. The van der Waals surface area contributed by atoms with Gasteiger partial charge in [0.2, 0.25) is 10.0 Å². The zero-order valence-corrected chi connectivity index (χ0v) is 15.7. The summed E-state index contributed by atoms with van der Waals surface area (Å²) in [5, 5.41) is 0. The molecule has 9 heteroatoms. The fourth-order valence-electron chi connectivity index (χ4n) is 1.96. The number of rotatable bonds is 7. The molecule has 1 unspecified atom stereocenters. The van der Waals surface area contributed by atoms with Gasteiger partial charge in [-0.2, -0.15) is 4.31 Å². The van der Waals surface area contributed by atoms with E-state index in [1.165, 1.54) is 64.2 Å². The fraction of sp³-hybridized carbons (Fsp3) is 0.438. The van der Waals surface area contributed by atoms with Gasteiger partial charge in [-0.3, -0.25) is 14.4 Å². The largest absolute Gasteiger partial charge is 0.452 e. The zero-order chi connectivity index (χ0) is 19.4. The second-order valence-electron chi connectivity index (χ2n) is 5.71. The van der Waals surface area contributed by atoms with Crippen LogP contribution in [0.4, 0.5) is 0 Å². The number of esters is 1. The van der Waals surface area contributed by atoms with Gasteiger partial charge in [0.15, 0.2) is 11.9 Å². The van der Waals surface area contributed by atoms with Crippen molar-refractivity contribution in [1.29, 1.82) is 0 Å². The first-order valence-electron chi connectivity index (χ1n) is 7.44. The van der Waals surface area contributed by atoms with Crippen LogP contribution in [-0.2, 0) is 24.3 Å². The highest BCUT2D eigenvalue weighted by molar-refractivity contribution is 7.89. The standard InChI is InChI=1S/C16H22N2O6S/c1-11(19)13-6-8-14(9-7-13)25(22,23)18(5)10-15(20)24-12(2)16(21)17(3)4/h6-9,12H,10H2,1-5H3. The summed E-state index contributed by atoms with van der Waals surface area (Å²) in [6.07, 6.45) is -1.01. The molecular formula is C16H22N2O6S. The summed E-state index contributed by atoms with van der Waals surface area (Å²) in [6, 6.07) is 5.40. The monoisotopic (exact) mass is 370 g/mol. The summed E-state index contributed by atoms with van der Waals surface area (Å²) in [4.78, 5) is 36.0. The van der Waals surface area contributed by atoms with Crippen molar-refractivity contribution < 1.29 is 27.5 Å². The molecule has 1 rings (SSSR count). The predicted molar refractivity (Wildman–Crippen MR) is 90.5 cm³/mol. The van der Waals surface area contributed by atoms with Crippen LogP contribution in [0.15, 0.2) is 29.2 Å². The number of hydrogen-bond acceptors (Lipinski definition) is 6. The summed E-state index contributed by atoms with van der Waals surface area (Å²) >= 11 is 0. The molecule has 0 heterocycles. The van der Waals surface area contributed by atoms with Gasteiger partial charge in [-0.1, -0.05) is 12.1 Å². The third kappa shape index (κ3) is 5.36. The van der Waals surface area contributed by atoms with Crippen LogP contribution in [-0.4, -0.2) is 69.1 Å². The maximum Gasteiger partial charge on any atom is 0.322 e. The first-order valence-corrected chi connectivity index (χ1v) is 8.88. The van der Waals surface area contributed by atoms with Gasteiger partial charge in [0.05, 0.1) is 4.90 Å². The molecule has 138 valence electrons. The number of ether oxygens (including phenoxy) is 1. The minimum absolute atomic E-state index is 0.0507. The summed E-state index contributed by atoms with van der Waals surface area (Å²) in [5.74, 6) is -1.42. The number of amides is 1. The molecule has 0 spiro atoms. The van der Waals surface area contributed by atoms with Crippen LogP contribution in [0.5, 0.6) is 0 Å². The van der Waals surface area contributed by atoms with E-state index in [9.17, 15) is 22.8 Å². The maximum absolute atomic E-state index is 12.4. The van der Waals surface area contributed by atoms with E-state index in [2.05, 4.69) is 0 Å². The van der Waals surface area contributed by atoms with Crippen molar-refractivity contribution in [3.63, 3.8) is 0 Å². The van der Waals surface area contributed by atoms with Gasteiger partial charge >= 0.3 is 5.97 Å². The number of hydrogen-bond donors (Lipinski definition) is 0. The molecule has 0 saturated carbocycles. The lowest BCUT2D eigenvalue weighted by molar-refractivity contribution is -0.157. The topological polar surface area (TPSA) is 101 Å². The summed E-state index contributed by atoms with van der Waals surface area (Å²) in [5.41, 5.74) is 0.386. The Balaban J connectivity index is 2.80. The average molecular weight is 370 g/mol. The number of carbonyl (C=O) groups is 3. The Morgan fingerprint density at radius 1 is 1.08 bits per heavy atom. The summed E-state index contributed by atoms with van der Waals surface area (Å²) in [6.45, 7) is 2.25. The Morgan fingerprint density at radius 3 is 2.04 bits per heavy atom. The van der Waals surface area contributed by atoms with E-state index in [-0.39, 0.29) is 10.7 Å². The van der Waals surface area contributed by atoms with Gasteiger partial charge in [0, 0.05) is 26.7 Å². The summed E-state index contributed by atoms with van der Waals surface area (Å²) < 4.78 is 30.6. The Morgan fingerprint density at radius 2 is 1.60 bits per heavy atom. The van der Waals surface area contributed by atoms with Crippen LogP contribution in [0.25, 0.3) is 0 Å². The van der Waals surface area contributed by atoms with Gasteiger partial charge in [-0.05, 0) is 26.0 Å². The molecule has 1 aromatic carbocycles. The SMILES string of the molecule is CC(=O)c1ccc(S(=O)(=O)N(C)CC(=O)OC(C)C(=O)N(C)C)cc1. The molecule has 0 fully saturated rings. The maximum atomic E-state index is 12.4. The number of sulfonamides is 1. The molecule has 0 saturated heterocycles. The minimum Gasteiger partial charge on any atom is -0.452 e. The molecule has 0 bridgehead atoms. The van der Waals surface area contributed by atoms with E-state index in [0.29, 0.717) is 5.56 Å². The molecule has 0 radical (unpaired) electrons. The predicted octanol–water partition coefficient (Wildman–Crippen LogP) is 0.530. The lowest BCUT2D eigenvalue weighted by atomic mass is 10.2. The number of carbonyl (C=O) groups excluding carboxylic acids is 3. The molecule has 0 aliphatic heterocycles. The normalized spacial score (nSPS) is 12.6. The van der Waals surface area contributed by atoms with E-state index in [1.807, 2.05) is 0 Å². The van der Waals surface area contributed by atoms with Crippen LogP contribution in [0.1, 0.15) is 24.2 Å². The smallest absolute Gasteiger partial charge is 0.322 e. The lowest BCUT2D eigenvalue weighted by Gasteiger charge is -2.20. The zero-order valence-electron chi connectivity index (χ0n) is 14.8. The van der Waals surface area contributed by atoms with Crippen LogP contribution in [0.2, 0.25) is 0 Å². The molecule has 0 aliphatic rings. The van der Waals surface area contributed by atoms with Crippen molar-refractivity contribution in [1.82, 2.24) is 9.21 Å². The first kappa shape index (κ1) is 20.8. The van der Waals surface area contributed by atoms with Crippen LogP contribution < -0.4 is 0 Å². The van der Waals surface area contributed by atoms with Crippen molar-refractivity contribution in [2.75, 3.05) is 27.7 Å².